The number of carbonyl (C=O) groups excluding carboxylic acids is 1. The van der Waals surface area contributed by atoms with E-state index in [0.717, 1.165) is 40.9 Å². The summed E-state index contributed by atoms with van der Waals surface area (Å²) in [5.41, 5.74) is 5.30. The summed E-state index contributed by atoms with van der Waals surface area (Å²) in [6, 6.07) is 7.67. The van der Waals surface area contributed by atoms with Crippen LogP contribution in [0.15, 0.2) is 30.5 Å². The Labute approximate surface area is 146 Å². The number of aliphatic hydroxyl groups excluding tert-OH is 1. The number of hydrogen-bond donors (Lipinski definition) is 3. The van der Waals surface area contributed by atoms with E-state index >= 15 is 0 Å². The lowest BCUT2D eigenvalue weighted by molar-refractivity contribution is -0.110. The molecule has 5 heteroatoms. The lowest BCUT2D eigenvalue weighted by atomic mass is 10.0. The summed E-state index contributed by atoms with van der Waals surface area (Å²) in [4.78, 5) is 18.1. The van der Waals surface area contributed by atoms with Crippen molar-refractivity contribution in [3.8, 4) is 0 Å². The van der Waals surface area contributed by atoms with Crippen molar-refractivity contribution in [3.63, 3.8) is 0 Å². The van der Waals surface area contributed by atoms with Crippen LogP contribution in [-0.4, -0.2) is 34.0 Å². The third-order valence-corrected chi connectivity index (χ3v) is 5.58. The average molecular weight is 335 g/mol. The Balaban J connectivity index is 1.38. The molecule has 2 atom stereocenters. The molecule has 1 saturated heterocycles. The zero-order valence-electron chi connectivity index (χ0n) is 14.0. The maximum absolute atomic E-state index is 12.3. The molecule has 1 aromatic heterocycles. The predicted molar refractivity (Wildman–Crippen MR) is 96.5 cm³/mol. The number of nitrogens with one attached hydrogen (secondary N) is 2. The first-order valence-electron chi connectivity index (χ1n) is 8.86. The second-order valence-corrected chi connectivity index (χ2v) is 7.46. The highest BCUT2D eigenvalue weighted by Gasteiger charge is 2.44. The van der Waals surface area contributed by atoms with Crippen molar-refractivity contribution in [3.05, 3.63) is 52.8 Å². The van der Waals surface area contributed by atoms with E-state index in [4.69, 9.17) is 0 Å². The molecule has 128 valence electrons. The van der Waals surface area contributed by atoms with E-state index in [1.807, 2.05) is 30.5 Å². The van der Waals surface area contributed by atoms with E-state index in [1.165, 1.54) is 25.1 Å². The van der Waals surface area contributed by atoms with Crippen molar-refractivity contribution in [2.75, 3.05) is 18.4 Å². The van der Waals surface area contributed by atoms with Gasteiger partial charge in [0, 0.05) is 42.8 Å². The van der Waals surface area contributed by atoms with Gasteiger partial charge in [-0.2, -0.15) is 0 Å². The van der Waals surface area contributed by atoms with Crippen LogP contribution in [0.25, 0.3) is 11.6 Å². The van der Waals surface area contributed by atoms with Crippen LogP contribution in [0, 0.1) is 11.8 Å². The van der Waals surface area contributed by atoms with Gasteiger partial charge in [0.2, 0.25) is 0 Å². The summed E-state index contributed by atoms with van der Waals surface area (Å²) >= 11 is 0. The lowest BCUT2D eigenvalue weighted by Crippen LogP contribution is -2.21. The molecule has 25 heavy (non-hydrogen) atoms. The Morgan fingerprint density at radius 3 is 2.84 bits per heavy atom. The van der Waals surface area contributed by atoms with Gasteiger partial charge >= 0.3 is 0 Å². The molecule has 1 amide bonds. The van der Waals surface area contributed by atoms with Gasteiger partial charge in [0.25, 0.3) is 5.91 Å². The van der Waals surface area contributed by atoms with E-state index < -0.39 is 0 Å². The van der Waals surface area contributed by atoms with E-state index in [-0.39, 0.29) is 12.5 Å². The molecule has 1 saturated carbocycles. The highest BCUT2D eigenvalue weighted by Crippen LogP contribution is 2.45. The second-order valence-electron chi connectivity index (χ2n) is 7.46. The highest BCUT2D eigenvalue weighted by atomic mass is 16.3. The number of benzene rings is 1. The molecule has 3 heterocycles. The van der Waals surface area contributed by atoms with Gasteiger partial charge in [-0.3, -0.25) is 9.69 Å². The molecule has 1 unspecified atom stereocenters. The monoisotopic (exact) mass is 335 g/mol. The fourth-order valence-electron chi connectivity index (χ4n) is 4.15. The van der Waals surface area contributed by atoms with Crippen LogP contribution >= 0.6 is 0 Å². The number of piperidine rings is 1. The van der Waals surface area contributed by atoms with E-state index in [0.29, 0.717) is 5.57 Å². The second kappa shape index (κ2) is 5.58. The van der Waals surface area contributed by atoms with Gasteiger partial charge < -0.3 is 15.4 Å². The number of fused-ring (bicyclic) bond motifs is 2. The van der Waals surface area contributed by atoms with E-state index in [2.05, 4.69) is 21.3 Å². The van der Waals surface area contributed by atoms with Crippen molar-refractivity contribution in [2.45, 2.75) is 19.6 Å². The number of hydrogen-bond acceptors (Lipinski definition) is 3. The van der Waals surface area contributed by atoms with Crippen molar-refractivity contribution < 1.29 is 9.90 Å². The zero-order valence-corrected chi connectivity index (χ0v) is 14.0. The van der Waals surface area contributed by atoms with Crippen LogP contribution in [-0.2, 0) is 17.9 Å². The van der Waals surface area contributed by atoms with Gasteiger partial charge in [0.15, 0.2) is 0 Å². The number of aliphatic hydroxyl groups is 1. The molecular formula is C20H21N3O2. The molecule has 3 N–H and O–H groups in total. The smallest absolute Gasteiger partial charge is 0.256 e. The molecule has 2 aromatic rings. The number of carbonyl (C=O) groups is 1. The number of H-pyrrole nitrogens is 1. The minimum absolute atomic E-state index is 0.0285. The first-order valence-corrected chi connectivity index (χ1v) is 8.86. The lowest BCUT2D eigenvalue weighted by Gasteiger charge is -2.15. The number of aromatic amines is 1. The van der Waals surface area contributed by atoms with Crippen LogP contribution in [0.1, 0.15) is 28.8 Å². The highest BCUT2D eigenvalue weighted by molar-refractivity contribution is 6.34. The van der Waals surface area contributed by atoms with Crippen LogP contribution in [0.2, 0.25) is 0 Å². The molecule has 0 radical (unpaired) electrons. The molecule has 5 nitrogen and oxygen atoms in total. The Kier molecular flexibility index (Phi) is 3.33. The van der Waals surface area contributed by atoms with Crippen molar-refractivity contribution in [2.24, 2.45) is 11.8 Å². The maximum Gasteiger partial charge on any atom is 0.256 e. The number of amides is 1. The standard InChI is InChI=1S/C20H21N3O2/c24-11-12-1-2-19-17(4-12)18(20(25)22-19)6-16-3-13(7-21-16)8-23-9-14-5-15(14)10-23/h1-4,6-7,14-15,21,24H,5,8-11H2,(H,22,25)/t14-,15?/m1/s1. The molecule has 5 rings (SSSR count). The number of likely N-dealkylation sites (tertiary alicyclic amines) is 1. The topological polar surface area (TPSA) is 68.4 Å². The average Bonchev–Trinajstić information content (AvgIpc) is 2.95. The van der Waals surface area contributed by atoms with Crippen LogP contribution in [0.4, 0.5) is 5.69 Å². The van der Waals surface area contributed by atoms with Gasteiger partial charge in [-0.25, -0.2) is 0 Å². The minimum atomic E-state index is -0.0964. The van der Waals surface area contributed by atoms with E-state index in [1.54, 1.807) is 0 Å². The Bertz CT molecular complexity index is 873. The molecule has 1 aromatic carbocycles. The van der Waals surface area contributed by atoms with E-state index in [9.17, 15) is 9.90 Å². The molecule has 2 fully saturated rings. The summed E-state index contributed by atoms with van der Waals surface area (Å²) in [6.07, 6.45) is 5.35. The van der Waals surface area contributed by atoms with Gasteiger partial charge in [-0.1, -0.05) is 6.07 Å². The van der Waals surface area contributed by atoms with Crippen molar-refractivity contribution in [1.82, 2.24) is 9.88 Å². The summed E-state index contributed by atoms with van der Waals surface area (Å²) in [5, 5.41) is 12.2. The number of aromatic nitrogens is 1. The molecule has 0 spiro atoms. The number of rotatable bonds is 4. The molecule has 2 aliphatic heterocycles. The molecule has 0 bridgehead atoms. The van der Waals surface area contributed by atoms with Crippen molar-refractivity contribution in [1.29, 1.82) is 0 Å². The Morgan fingerprint density at radius 2 is 2.04 bits per heavy atom. The van der Waals surface area contributed by atoms with Crippen LogP contribution in [0.3, 0.4) is 0 Å². The van der Waals surface area contributed by atoms with Crippen LogP contribution in [0.5, 0.6) is 0 Å². The fraction of sp³-hybridized carbons (Fsp3) is 0.350. The summed E-state index contributed by atoms with van der Waals surface area (Å²) in [5.74, 6) is 1.79. The number of anilines is 1. The molecular weight excluding hydrogens is 314 g/mol. The third kappa shape index (κ3) is 2.69. The summed E-state index contributed by atoms with van der Waals surface area (Å²) < 4.78 is 0. The van der Waals surface area contributed by atoms with Gasteiger partial charge in [0.1, 0.15) is 0 Å². The van der Waals surface area contributed by atoms with Gasteiger partial charge in [-0.15, -0.1) is 0 Å². The summed E-state index contributed by atoms with van der Waals surface area (Å²) in [7, 11) is 0. The molecule has 3 aliphatic rings. The van der Waals surface area contributed by atoms with Crippen molar-refractivity contribution >= 4 is 23.2 Å². The quantitative estimate of drug-likeness (QED) is 0.752. The first kappa shape index (κ1) is 14.9. The Morgan fingerprint density at radius 1 is 1.20 bits per heavy atom. The minimum Gasteiger partial charge on any atom is -0.392 e. The SMILES string of the molecule is O=C1Nc2ccc(CO)cc2C1=Cc1cc(CN2CC3C[C@@H]3C2)c[nH]1. The van der Waals surface area contributed by atoms with Crippen LogP contribution < -0.4 is 5.32 Å². The zero-order chi connectivity index (χ0) is 17.0. The normalized spacial score (nSPS) is 26.0. The predicted octanol–water partition coefficient (Wildman–Crippen LogP) is 2.45. The molecule has 1 aliphatic carbocycles. The maximum atomic E-state index is 12.3. The summed E-state index contributed by atoms with van der Waals surface area (Å²) in [6.45, 7) is 3.40. The third-order valence-electron chi connectivity index (χ3n) is 5.58. The van der Waals surface area contributed by atoms with Gasteiger partial charge in [-0.05, 0) is 53.7 Å². The van der Waals surface area contributed by atoms with Gasteiger partial charge in [0.05, 0.1) is 12.2 Å². The number of nitrogens with zero attached hydrogens (tertiary/aromatic N) is 1. The first-order chi connectivity index (χ1) is 12.2. The largest absolute Gasteiger partial charge is 0.392 e. The fourth-order valence-corrected chi connectivity index (χ4v) is 4.15. The Hall–Kier alpha value is -2.37.